The second-order valence-corrected chi connectivity index (χ2v) is 4.69. The number of halogens is 3. The number of H-pyrrole nitrogens is 1. The summed E-state index contributed by atoms with van der Waals surface area (Å²) in [7, 11) is 0. The van der Waals surface area contributed by atoms with Crippen molar-refractivity contribution in [2.24, 2.45) is 0 Å². The Bertz CT molecular complexity index is 742. The molecule has 2 N–H and O–H groups in total. The number of alkyl halides is 3. The molecule has 0 radical (unpaired) electrons. The molecule has 122 valence electrons. The molecule has 0 spiro atoms. The van der Waals surface area contributed by atoms with Gasteiger partial charge >= 0.3 is 6.18 Å². The van der Waals surface area contributed by atoms with Gasteiger partial charge in [0.1, 0.15) is 11.4 Å². The molecule has 0 aliphatic heterocycles. The molecule has 1 heterocycles. The van der Waals surface area contributed by atoms with Crippen LogP contribution in [-0.4, -0.2) is 17.0 Å². The molecular formula is C15H13F3N2O3. The highest BCUT2D eigenvalue weighted by Gasteiger charge is 2.31. The van der Waals surface area contributed by atoms with Gasteiger partial charge in [0.05, 0.1) is 5.56 Å². The van der Waals surface area contributed by atoms with Crippen LogP contribution < -0.4 is 15.6 Å². The van der Waals surface area contributed by atoms with Crippen molar-refractivity contribution in [3.8, 4) is 5.75 Å². The highest BCUT2D eigenvalue weighted by molar-refractivity contribution is 5.94. The van der Waals surface area contributed by atoms with Gasteiger partial charge in [0.25, 0.3) is 11.5 Å². The monoisotopic (exact) mass is 326 g/mol. The standard InChI is InChI=1S/C15H13F3N2O3/c1-9(23-11-5-3-2-4-6-11)13(21)20-12-7-10(15(16,17)18)8-19-14(12)22/h2-9H,1H3,(H,19,22)(H,20,21). The fourth-order valence-electron chi connectivity index (χ4n) is 1.73. The molecule has 1 atom stereocenters. The minimum atomic E-state index is -4.63. The SMILES string of the molecule is CC(Oc1ccccc1)C(=O)Nc1cc(C(F)(F)F)c[nH]c1=O. The van der Waals surface area contributed by atoms with Gasteiger partial charge in [0.2, 0.25) is 0 Å². The smallest absolute Gasteiger partial charge is 0.417 e. The number of pyridine rings is 1. The van der Waals surface area contributed by atoms with Crippen LogP contribution in [0.5, 0.6) is 5.75 Å². The van der Waals surface area contributed by atoms with Gasteiger partial charge in [-0.2, -0.15) is 13.2 Å². The summed E-state index contributed by atoms with van der Waals surface area (Å²) in [6, 6.07) is 9.00. The molecule has 1 amide bonds. The van der Waals surface area contributed by atoms with Gasteiger partial charge in [-0.25, -0.2) is 0 Å². The van der Waals surface area contributed by atoms with Crippen LogP contribution in [0.4, 0.5) is 18.9 Å². The summed E-state index contributed by atoms with van der Waals surface area (Å²) in [4.78, 5) is 25.4. The predicted molar refractivity (Wildman–Crippen MR) is 77.2 cm³/mol. The van der Waals surface area contributed by atoms with Crippen molar-refractivity contribution in [1.82, 2.24) is 4.98 Å². The molecule has 0 aliphatic carbocycles. The Labute approximate surface area is 129 Å². The molecule has 0 saturated heterocycles. The van der Waals surface area contributed by atoms with Gasteiger partial charge in [-0.05, 0) is 25.1 Å². The zero-order chi connectivity index (χ0) is 17.0. The Kier molecular flexibility index (Phi) is 4.73. The van der Waals surface area contributed by atoms with E-state index in [1.807, 2.05) is 4.98 Å². The number of carbonyl (C=O) groups is 1. The Balaban J connectivity index is 2.12. The van der Waals surface area contributed by atoms with E-state index >= 15 is 0 Å². The van der Waals surface area contributed by atoms with Crippen molar-refractivity contribution in [1.29, 1.82) is 0 Å². The number of para-hydroxylation sites is 1. The maximum Gasteiger partial charge on any atom is 0.417 e. The maximum atomic E-state index is 12.6. The van der Waals surface area contributed by atoms with Gasteiger partial charge in [0.15, 0.2) is 6.10 Å². The minimum Gasteiger partial charge on any atom is -0.481 e. The third-order valence-electron chi connectivity index (χ3n) is 2.91. The molecule has 0 bridgehead atoms. The molecule has 1 aromatic heterocycles. The first-order chi connectivity index (χ1) is 10.8. The van der Waals surface area contributed by atoms with Crippen LogP contribution in [0.1, 0.15) is 12.5 Å². The summed E-state index contributed by atoms with van der Waals surface area (Å²) >= 11 is 0. The summed E-state index contributed by atoms with van der Waals surface area (Å²) in [5.74, 6) is -0.313. The van der Waals surface area contributed by atoms with E-state index in [2.05, 4.69) is 5.32 Å². The van der Waals surface area contributed by atoms with E-state index in [0.717, 1.165) is 0 Å². The van der Waals surface area contributed by atoms with Crippen molar-refractivity contribution < 1.29 is 22.7 Å². The summed E-state index contributed by atoms with van der Waals surface area (Å²) in [5.41, 5.74) is -2.39. The highest BCUT2D eigenvalue weighted by atomic mass is 19.4. The number of hydrogen-bond donors (Lipinski definition) is 2. The van der Waals surface area contributed by atoms with Gasteiger partial charge in [-0.1, -0.05) is 18.2 Å². The van der Waals surface area contributed by atoms with Crippen LogP contribution in [0.3, 0.4) is 0 Å². The molecule has 0 aliphatic rings. The van der Waals surface area contributed by atoms with E-state index in [1.165, 1.54) is 6.92 Å². The first kappa shape index (κ1) is 16.6. The lowest BCUT2D eigenvalue weighted by Gasteiger charge is -2.15. The molecule has 1 aromatic carbocycles. The summed E-state index contributed by atoms with van der Waals surface area (Å²) in [6.45, 7) is 1.42. The van der Waals surface area contributed by atoms with Crippen molar-refractivity contribution >= 4 is 11.6 Å². The molecule has 0 saturated carbocycles. The number of rotatable bonds is 4. The largest absolute Gasteiger partial charge is 0.481 e. The molecule has 0 fully saturated rings. The number of amides is 1. The van der Waals surface area contributed by atoms with Gasteiger partial charge < -0.3 is 15.0 Å². The summed E-state index contributed by atoms with van der Waals surface area (Å²) in [5, 5.41) is 2.14. The normalized spacial score (nSPS) is 12.5. The summed E-state index contributed by atoms with van der Waals surface area (Å²) < 4.78 is 43.2. The Morgan fingerprint density at radius 3 is 2.52 bits per heavy atom. The molecule has 1 unspecified atom stereocenters. The predicted octanol–water partition coefficient (Wildman–Crippen LogP) is 2.80. The first-order valence-corrected chi connectivity index (χ1v) is 6.60. The second-order valence-electron chi connectivity index (χ2n) is 4.69. The number of ether oxygens (including phenoxy) is 1. The molecule has 2 aromatic rings. The van der Waals surface area contributed by atoms with E-state index in [-0.39, 0.29) is 0 Å². The Hall–Kier alpha value is -2.77. The molecule has 2 rings (SSSR count). The topological polar surface area (TPSA) is 71.2 Å². The number of aromatic amines is 1. The van der Waals surface area contributed by atoms with Crippen LogP contribution in [0.25, 0.3) is 0 Å². The number of benzene rings is 1. The van der Waals surface area contributed by atoms with Gasteiger partial charge in [-0.15, -0.1) is 0 Å². The van der Waals surface area contributed by atoms with Crippen LogP contribution in [0.15, 0.2) is 47.4 Å². The number of nitrogens with one attached hydrogen (secondary N) is 2. The summed E-state index contributed by atoms with van der Waals surface area (Å²) in [6.07, 6.45) is -5.08. The fourth-order valence-corrected chi connectivity index (χ4v) is 1.73. The third-order valence-corrected chi connectivity index (χ3v) is 2.91. The van der Waals surface area contributed by atoms with Crippen molar-refractivity contribution in [2.75, 3.05) is 5.32 Å². The molecule has 23 heavy (non-hydrogen) atoms. The van der Waals surface area contributed by atoms with E-state index in [9.17, 15) is 22.8 Å². The molecule has 8 heteroatoms. The van der Waals surface area contributed by atoms with Gasteiger partial charge in [0, 0.05) is 6.20 Å². The lowest BCUT2D eigenvalue weighted by atomic mass is 10.2. The van der Waals surface area contributed by atoms with Crippen LogP contribution in [0.2, 0.25) is 0 Å². The minimum absolute atomic E-state index is 0.424. The van der Waals surface area contributed by atoms with Crippen molar-refractivity contribution in [3.05, 3.63) is 58.5 Å². The van der Waals surface area contributed by atoms with Crippen LogP contribution in [0, 0.1) is 0 Å². The average Bonchev–Trinajstić information content (AvgIpc) is 2.49. The zero-order valence-corrected chi connectivity index (χ0v) is 12.0. The molecule has 5 nitrogen and oxygen atoms in total. The number of carbonyl (C=O) groups excluding carboxylic acids is 1. The number of aromatic nitrogens is 1. The zero-order valence-electron chi connectivity index (χ0n) is 12.0. The van der Waals surface area contributed by atoms with E-state index < -0.39 is 35.0 Å². The maximum absolute atomic E-state index is 12.6. The lowest BCUT2D eigenvalue weighted by molar-refractivity contribution is -0.137. The van der Waals surface area contributed by atoms with E-state index in [0.29, 0.717) is 18.0 Å². The first-order valence-electron chi connectivity index (χ1n) is 6.60. The lowest BCUT2D eigenvalue weighted by Crippen LogP contribution is -2.32. The van der Waals surface area contributed by atoms with Crippen LogP contribution in [-0.2, 0) is 11.0 Å². The van der Waals surface area contributed by atoms with Crippen molar-refractivity contribution in [2.45, 2.75) is 19.2 Å². The average molecular weight is 326 g/mol. The van der Waals surface area contributed by atoms with E-state index in [4.69, 9.17) is 4.74 Å². The van der Waals surface area contributed by atoms with Crippen LogP contribution >= 0.6 is 0 Å². The Morgan fingerprint density at radius 1 is 1.26 bits per heavy atom. The number of anilines is 1. The second kappa shape index (κ2) is 6.55. The van der Waals surface area contributed by atoms with E-state index in [1.54, 1.807) is 30.3 Å². The number of hydrogen-bond acceptors (Lipinski definition) is 3. The highest BCUT2D eigenvalue weighted by Crippen LogP contribution is 2.29. The molecular weight excluding hydrogens is 313 g/mol. The quantitative estimate of drug-likeness (QED) is 0.907. The van der Waals surface area contributed by atoms with Gasteiger partial charge in [-0.3, -0.25) is 9.59 Å². The Morgan fingerprint density at radius 2 is 1.91 bits per heavy atom. The third kappa shape index (κ3) is 4.35. The van der Waals surface area contributed by atoms with Crippen molar-refractivity contribution in [3.63, 3.8) is 0 Å². The fraction of sp³-hybridized carbons (Fsp3) is 0.200.